The number of nitrogens with zero attached hydrogens (tertiary/aromatic N) is 6. The monoisotopic (exact) mass is 495 g/mol. The minimum Gasteiger partial charge on any atom is -0.507 e. The molecule has 8 nitrogen and oxygen atoms in total. The van der Waals surface area contributed by atoms with E-state index in [0.29, 0.717) is 35.2 Å². The van der Waals surface area contributed by atoms with Gasteiger partial charge in [-0.05, 0) is 61.9 Å². The first-order chi connectivity index (χ1) is 18.0. The summed E-state index contributed by atoms with van der Waals surface area (Å²) in [5.41, 5.74) is 10.5. The lowest BCUT2D eigenvalue weighted by molar-refractivity contribution is 0.0534. The number of benzene rings is 1. The van der Waals surface area contributed by atoms with Crippen molar-refractivity contribution in [3.8, 4) is 28.8 Å². The fraction of sp³-hybridized carbons (Fsp3) is 0.414. The average Bonchev–Trinajstić information content (AvgIpc) is 3.18. The lowest BCUT2D eigenvalue weighted by atomic mass is 9.92. The summed E-state index contributed by atoms with van der Waals surface area (Å²) in [6.45, 7) is 8.18. The number of phenolic OH excluding ortho intramolecular Hbond substituents is 1. The number of fused-ring (bicyclic) bond motifs is 2. The van der Waals surface area contributed by atoms with E-state index in [1.807, 2.05) is 24.4 Å². The Labute approximate surface area is 218 Å². The van der Waals surface area contributed by atoms with Crippen LogP contribution in [0.1, 0.15) is 32.4 Å². The fourth-order valence-corrected chi connectivity index (χ4v) is 5.99. The molecule has 3 N–H and O–H groups in total. The van der Waals surface area contributed by atoms with Gasteiger partial charge in [0.1, 0.15) is 11.4 Å². The Hall–Kier alpha value is -3.83. The predicted octanol–water partition coefficient (Wildman–Crippen LogP) is 3.38. The van der Waals surface area contributed by atoms with Crippen LogP contribution in [0, 0.1) is 17.8 Å². The molecule has 0 aliphatic carbocycles. The minimum atomic E-state index is 0.183. The third kappa shape index (κ3) is 4.44. The van der Waals surface area contributed by atoms with Gasteiger partial charge in [-0.25, -0.2) is 4.98 Å². The number of aromatic nitrogens is 3. The highest BCUT2D eigenvalue weighted by molar-refractivity contribution is 5.74. The zero-order valence-corrected chi connectivity index (χ0v) is 21.4. The summed E-state index contributed by atoms with van der Waals surface area (Å²) in [5.74, 6) is 7.96. The van der Waals surface area contributed by atoms with Gasteiger partial charge in [-0.2, -0.15) is 0 Å². The molecule has 4 atom stereocenters. The van der Waals surface area contributed by atoms with Crippen LogP contribution in [0.2, 0.25) is 0 Å². The van der Waals surface area contributed by atoms with Gasteiger partial charge in [-0.3, -0.25) is 4.90 Å². The quantitative estimate of drug-likeness (QED) is 0.532. The van der Waals surface area contributed by atoms with Crippen molar-refractivity contribution >= 4 is 17.2 Å². The van der Waals surface area contributed by atoms with Crippen LogP contribution in [0.15, 0.2) is 48.7 Å². The van der Waals surface area contributed by atoms with E-state index in [1.165, 1.54) is 5.69 Å². The summed E-state index contributed by atoms with van der Waals surface area (Å²) in [6, 6.07) is 14.7. The molecule has 2 bridgehead atoms. The lowest BCUT2D eigenvalue weighted by Gasteiger charge is -2.43. The number of nitrogen functional groups attached to an aromatic ring is 1. The van der Waals surface area contributed by atoms with E-state index in [2.05, 4.69) is 67.7 Å². The van der Waals surface area contributed by atoms with E-state index in [9.17, 15) is 5.11 Å². The van der Waals surface area contributed by atoms with E-state index < -0.39 is 0 Å². The summed E-state index contributed by atoms with van der Waals surface area (Å²) < 4.78 is 0. The molecule has 0 amide bonds. The topological polar surface area (TPSA) is 94.6 Å². The number of aromatic hydroxyl groups is 1. The smallest absolute Gasteiger partial charge is 0.169 e. The number of hydrogen-bond acceptors (Lipinski definition) is 8. The molecule has 0 saturated carbocycles. The molecular weight excluding hydrogens is 462 g/mol. The number of likely N-dealkylation sites (tertiary alicyclic amines) is 1. The van der Waals surface area contributed by atoms with Crippen LogP contribution in [-0.4, -0.2) is 69.5 Å². The van der Waals surface area contributed by atoms with Crippen molar-refractivity contribution in [3.05, 3.63) is 54.4 Å². The van der Waals surface area contributed by atoms with Gasteiger partial charge in [0.2, 0.25) is 0 Å². The molecular formula is C29H33N7O. The highest BCUT2D eigenvalue weighted by Crippen LogP contribution is 2.39. The largest absolute Gasteiger partial charge is 0.507 e. The summed E-state index contributed by atoms with van der Waals surface area (Å²) in [7, 11) is 0. The number of rotatable bonds is 4. The van der Waals surface area contributed by atoms with Crippen LogP contribution in [0.3, 0.4) is 0 Å². The van der Waals surface area contributed by atoms with Gasteiger partial charge in [0.05, 0.1) is 17.9 Å². The molecule has 4 unspecified atom stereocenters. The molecule has 190 valence electrons. The summed E-state index contributed by atoms with van der Waals surface area (Å²) in [4.78, 5) is 11.8. The van der Waals surface area contributed by atoms with Crippen molar-refractivity contribution in [2.75, 3.05) is 41.7 Å². The zero-order chi connectivity index (χ0) is 25.5. The number of para-hydroxylation sites is 1. The van der Waals surface area contributed by atoms with Crippen LogP contribution in [-0.2, 0) is 0 Å². The Morgan fingerprint density at radius 2 is 1.81 bits per heavy atom. The lowest BCUT2D eigenvalue weighted by Crippen LogP contribution is -2.54. The molecule has 5 heterocycles. The zero-order valence-electron chi connectivity index (χ0n) is 21.4. The molecule has 3 aromatic rings. The number of piperazine rings is 1. The Bertz CT molecular complexity index is 1350. The Kier molecular flexibility index (Phi) is 6.09. The van der Waals surface area contributed by atoms with Gasteiger partial charge in [-0.15, -0.1) is 10.2 Å². The van der Waals surface area contributed by atoms with Crippen molar-refractivity contribution in [1.29, 1.82) is 0 Å². The summed E-state index contributed by atoms with van der Waals surface area (Å²) in [5, 5.41) is 18.8. The summed E-state index contributed by atoms with van der Waals surface area (Å²) in [6.07, 6.45) is 4.13. The molecule has 6 rings (SSSR count). The van der Waals surface area contributed by atoms with Gasteiger partial charge in [0.25, 0.3) is 0 Å². The van der Waals surface area contributed by atoms with Crippen LogP contribution in [0.25, 0.3) is 11.3 Å². The van der Waals surface area contributed by atoms with Crippen molar-refractivity contribution in [2.45, 2.75) is 44.8 Å². The predicted molar refractivity (Wildman–Crippen MR) is 146 cm³/mol. The van der Waals surface area contributed by atoms with Crippen LogP contribution >= 0.6 is 0 Å². The van der Waals surface area contributed by atoms with Crippen LogP contribution in [0.5, 0.6) is 5.75 Å². The maximum Gasteiger partial charge on any atom is 0.169 e. The molecule has 8 heteroatoms. The first-order valence-electron chi connectivity index (χ1n) is 13.1. The maximum atomic E-state index is 10.3. The molecule has 1 aromatic carbocycles. The number of pyridine rings is 1. The number of nitrogens with two attached hydrogens (primary N) is 1. The van der Waals surface area contributed by atoms with E-state index >= 15 is 0 Å². The maximum absolute atomic E-state index is 10.3. The van der Waals surface area contributed by atoms with Gasteiger partial charge < -0.3 is 20.6 Å². The first kappa shape index (κ1) is 23.6. The van der Waals surface area contributed by atoms with E-state index in [0.717, 1.165) is 56.3 Å². The second-order valence-corrected chi connectivity index (χ2v) is 10.6. The Morgan fingerprint density at radius 1 is 1.03 bits per heavy atom. The second-order valence-electron chi connectivity index (χ2n) is 10.6. The SMILES string of the molecule is CC1CN(CC#Cc2cc(N3C4CCC3CN(c3cc(-c5ccccc5O)nnc3N)C4)ccn2)C1C. The Morgan fingerprint density at radius 3 is 2.54 bits per heavy atom. The number of hydrogen-bond donors (Lipinski definition) is 2. The molecule has 0 spiro atoms. The molecule has 0 radical (unpaired) electrons. The molecule has 3 aliphatic heterocycles. The standard InChI is InChI=1S/C29H33N7O/c1-19-16-34(20(19)2)13-5-6-21-14-22(11-12-31-21)36-23-9-10-24(36)18-35(17-23)27-15-26(32-33-29(27)30)25-7-3-4-8-28(25)37/h3-4,7-8,11-12,14-15,19-20,23-24,37H,9-10,13,16-18H2,1-2H3,(H2,30,33). The van der Waals surface area contributed by atoms with E-state index in [-0.39, 0.29) is 5.75 Å². The molecule has 3 fully saturated rings. The van der Waals surface area contributed by atoms with Gasteiger partial charge >= 0.3 is 0 Å². The molecule has 2 aromatic heterocycles. The molecule has 3 saturated heterocycles. The number of phenols is 1. The summed E-state index contributed by atoms with van der Waals surface area (Å²) >= 11 is 0. The van der Waals surface area contributed by atoms with Gasteiger partial charge in [-0.1, -0.05) is 25.0 Å². The minimum absolute atomic E-state index is 0.183. The van der Waals surface area contributed by atoms with Crippen molar-refractivity contribution < 1.29 is 5.11 Å². The Balaban J connectivity index is 1.19. The third-order valence-electron chi connectivity index (χ3n) is 8.27. The third-order valence-corrected chi connectivity index (χ3v) is 8.27. The van der Waals surface area contributed by atoms with Crippen LogP contribution < -0.4 is 15.5 Å². The van der Waals surface area contributed by atoms with Crippen molar-refractivity contribution in [3.63, 3.8) is 0 Å². The highest BCUT2D eigenvalue weighted by atomic mass is 16.3. The number of anilines is 3. The molecule has 3 aliphatic rings. The molecule has 37 heavy (non-hydrogen) atoms. The van der Waals surface area contributed by atoms with Gasteiger partial charge in [0, 0.05) is 55.2 Å². The van der Waals surface area contributed by atoms with Crippen molar-refractivity contribution in [1.82, 2.24) is 20.1 Å². The normalized spacial score (nSPS) is 24.9. The highest BCUT2D eigenvalue weighted by Gasteiger charge is 2.40. The first-order valence-corrected chi connectivity index (χ1v) is 13.1. The van der Waals surface area contributed by atoms with Crippen molar-refractivity contribution in [2.24, 2.45) is 5.92 Å². The average molecular weight is 496 g/mol. The van der Waals surface area contributed by atoms with E-state index in [4.69, 9.17) is 5.73 Å². The van der Waals surface area contributed by atoms with Gasteiger partial charge in [0.15, 0.2) is 5.82 Å². The van der Waals surface area contributed by atoms with E-state index in [1.54, 1.807) is 12.1 Å². The van der Waals surface area contributed by atoms with Crippen LogP contribution in [0.4, 0.5) is 17.2 Å². The second kappa shape index (κ2) is 9.56. The fourth-order valence-electron chi connectivity index (χ4n) is 5.99.